The maximum Gasteiger partial charge on any atom is 0.0445 e. The summed E-state index contributed by atoms with van der Waals surface area (Å²) in [5, 5.41) is 3.20. The molecule has 96 valence electrons. The van der Waals surface area contributed by atoms with Crippen LogP contribution in [0.25, 0.3) is 0 Å². The van der Waals surface area contributed by atoms with Crippen molar-refractivity contribution in [1.82, 2.24) is 10.3 Å². The van der Waals surface area contributed by atoms with Crippen LogP contribution in [0.15, 0.2) is 12.3 Å². The monoisotopic (exact) mass is 235 g/mol. The second-order valence-electron chi connectivity index (χ2n) is 5.08. The lowest BCUT2D eigenvalue weighted by Gasteiger charge is -2.31. The van der Waals surface area contributed by atoms with Gasteiger partial charge in [-0.1, -0.05) is 13.8 Å². The maximum absolute atomic E-state index is 4.38. The van der Waals surface area contributed by atoms with Gasteiger partial charge in [0.25, 0.3) is 0 Å². The van der Waals surface area contributed by atoms with E-state index in [1.54, 1.807) is 0 Å². The third-order valence-electron chi connectivity index (χ3n) is 3.42. The van der Waals surface area contributed by atoms with Crippen molar-refractivity contribution >= 4 is 5.69 Å². The van der Waals surface area contributed by atoms with E-state index in [1.165, 1.54) is 11.3 Å². The van der Waals surface area contributed by atoms with E-state index in [2.05, 4.69) is 49.1 Å². The van der Waals surface area contributed by atoms with Crippen LogP contribution in [0.1, 0.15) is 32.0 Å². The number of anilines is 1. The number of nitrogens with zero attached hydrogens (tertiary/aromatic N) is 2. The van der Waals surface area contributed by atoms with Gasteiger partial charge in [0.1, 0.15) is 0 Å². The molecule has 0 fully saturated rings. The molecule has 0 aromatic carbocycles. The zero-order valence-corrected chi connectivity index (χ0v) is 11.9. The van der Waals surface area contributed by atoms with Crippen LogP contribution in [-0.2, 0) is 6.54 Å². The van der Waals surface area contributed by atoms with Crippen LogP contribution >= 0.6 is 0 Å². The highest BCUT2D eigenvalue weighted by Gasteiger charge is 2.16. The van der Waals surface area contributed by atoms with Gasteiger partial charge in [0.15, 0.2) is 0 Å². The second kappa shape index (κ2) is 6.01. The van der Waals surface area contributed by atoms with Crippen molar-refractivity contribution in [3.05, 3.63) is 23.5 Å². The number of rotatable bonds is 5. The molecule has 0 amide bonds. The van der Waals surface area contributed by atoms with E-state index < -0.39 is 0 Å². The first-order valence-corrected chi connectivity index (χ1v) is 6.30. The Morgan fingerprint density at radius 1 is 1.35 bits per heavy atom. The van der Waals surface area contributed by atoms with Crippen LogP contribution in [0, 0.1) is 12.8 Å². The quantitative estimate of drug-likeness (QED) is 0.850. The largest absolute Gasteiger partial charge is 0.371 e. The van der Waals surface area contributed by atoms with Crippen molar-refractivity contribution in [3.63, 3.8) is 0 Å². The van der Waals surface area contributed by atoms with Gasteiger partial charge in [-0.15, -0.1) is 0 Å². The van der Waals surface area contributed by atoms with E-state index in [0.29, 0.717) is 12.0 Å². The summed E-state index contributed by atoms with van der Waals surface area (Å²) in [7, 11) is 4.13. The molecule has 0 aliphatic rings. The Balaban J connectivity index is 3.05. The molecule has 0 bridgehead atoms. The first-order chi connectivity index (χ1) is 7.97. The molecular formula is C14H25N3. The predicted molar refractivity (Wildman–Crippen MR) is 74.4 cm³/mol. The maximum atomic E-state index is 4.38. The molecule has 1 aromatic heterocycles. The van der Waals surface area contributed by atoms with E-state index in [-0.39, 0.29) is 0 Å². The molecule has 1 aromatic rings. The summed E-state index contributed by atoms with van der Waals surface area (Å²) in [6.45, 7) is 9.68. The molecule has 1 N–H and O–H groups in total. The second-order valence-corrected chi connectivity index (χ2v) is 5.08. The Morgan fingerprint density at radius 3 is 2.53 bits per heavy atom. The molecule has 3 heteroatoms. The summed E-state index contributed by atoms with van der Waals surface area (Å²) in [6, 6.07) is 2.69. The van der Waals surface area contributed by atoms with Crippen LogP contribution < -0.4 is 10.2 Å². The van der Waals surface area contributed by atoms with E-state index in [1.807, 2.05) is 20.2 Å². The summed E-state index contributed by atoms with van der Waals surface area (Å²) in [5.41, 5.74) is 3.61. The molecule has 3 nitrogen and oxygen atoms in total. The minimum atomic E-state index is 0.521. The number of pyridine rings is 1. The first-order valence-electron chi connectivity index (χ1n) is 6.30. The fourth-order valence-electron chi connectivity index (χ4n) is 1.90. The Labute approximate surface area is 105 Å². The van der Waals surface area contributed by atoms with Crippen LogP contribution in [0.4, 0.5) is 5.69 Å². The molecule has 1 unspecified atom stereocenters. The van der Waals surface area contributed by atoms with Gasteiger partial charge >= 0.3 is 0 Å². The standard InChI is InChI=1S/C14H25N3/c1-10(2)12(4)17(6)14-7-11(3)16-9-13(14)8-15-5/h7,9-10,12,15H,8H2,1-6H3. The topological polar surface area (TPSA) is 28.2 Å². The predicted octanol–water partition coefficient (Wildman–Crippen LogP) is 2.59. The highest BCUT2D eigenvalue weighted by atomic mass is 15.1. The molecule has 0 saturated carbocycles. The van der Waals surface area contributed by atoms with Crippen molar-refractivity contribution in [2.75, 3.05) is 19.0 Å². The van der Waals surface area contributed by atoms with Gasteiger partial charge in [0.05, 0.1) is 0 Å². The van der Waals surface area contributed by atoms with Gasteiger partial charge < -0.3 is 10.2 Å². The number of hydrogen-bond acceptors (Lipinski definition) is 3. The molecule has 0 aliphatic carbocycles. The Hall–Kier alpha value is -1.09. The fourth-order valence-corrected chi connectivity index (χ4v) is 1.90. The lowest BCUT2D eigenvalue weighted by molar-refractivity contribution is 0.504. The minimum Gasteiger partial charge on any atom is -0.371 e. The van der Waals surface area contributed by atoms with Crippen LogP contribution in [0.3, 0.4) is 0 Å². The average Bonchev–Trinajstić information content (AvgIpc) is 2.29. The Bertz CT molecular complexity index is 360. The Morgan fingerprint density at radius 2 is 2.00 bits per heavy atom. The van der Waals surface area contributed by atoms with Crippen molar-refractivity contribution in [2.24, 2.45) is 5.92 Å². The average molecular weight is 235 g/mol. The molecule has 1 atom stereocenters. The zero-order valence-electron chi connectivity index (χ0n) is 11.9. The third kappa shape index (κ3) is 3.43. The van der Waals surface area contributed by atoms with Crippen molar-refractivity contribution in [3.8, 4) is 0 Å². The van der Waals surface area contributed by atoms with Crippen molar-refractivity contribution < 1.29 is 0 Å². The van der Waals surface area contributed by atoms with Gasteiger partial charge in [-0.05, 0) is 32.9 Å². The summed E-state index contributed by atoms with van der Waals surface area (Å²) < 4.78 is 0. The SMILES string of the molecule is CNCc1cnc(C)cc1N(C)C(C)C(C)C. The van der Waals surface area contributed by atoms with Gasteiger partial charge in [-0.2, -0.15) is 0 Å². The number of hydrogen-bond donors (Lipinski definition) is 1. The summed E-state index contributed by atoms with van der Waals surface area (Å²) in [5.74, 6) is 0.635. The van der Waals surface area contributed by atoms with Gasteiger partial charge in [0, 0.05) is 42.8 Å². The smallest absolute Gasteiger partial charge is 0.0445 e. The van der Waals surface area contributed by atoms with E-state index in [9.17, 15) is 0 Å². The highest BCUT2D eigenvalue weighted by Crippen LogP contribution is 2.24. The normalized spacial score (nSPS) is 12.9. The number of aromatic nitrogens is 1. The minimum absolute atomic E-state index is 0.521. The number of nitrogens with one attached hydrogen (secondary N) is 1. The van der Waals surface area contributed by atoms with Crippen molar-refractivity contribution in [2.45, 2.75) is 40.3 Å². The molecule has 0 radical (unpaired) electrons. The van der Waals surface area contributed by atoms with E-state index in [4.69, 9.17) is 0 Å². The van der Waals surface area contributed by atoms with E-state index >= 15 is 0 Å². The summed E-state index contributed by atoms with van der Waals surface area (Å²) >= 11 is 0. The molecule has 0 aliphatic heterocycles. The molecule has 0 saturated heterocycles. The highest BCUT2D eigenvalue weighted by molar-refractivity contribution is 5.53. The van der Waals surface area contributed by atoms with Crippen LogP contribution in [-0.4, -0.2) is 25.1 Å². The fraction of sp³-hybridized carbons (Fsp3) is 0.643. The summed E-state index contributed by atoms with van der Waals surface area (Å²) in [6.07, 6.45) is 1.98. The lowest BCUT2D eigenvalue weighted by Crippen LogP contribution is -2.34. The molecular weight excluding hydrogens is 210 g/mol. The lowest BCUT2D eigenvalue weighted by atomic mass is 10.0. The van der Waals surface area contributed by atoms with Crippen molar-refractivity contribution in [1.29, 1.82) is 0 Å². The molecule has 0 spiro atoms. The number of aryl methyl sites for hydroxylation is 1. The third-order valence-corrected chi connectivity index (χ3v) is 3.42. The Kier molecular flexibility index (Phi) is 4.94. The van der Waals surface area contributed by atoms with Crippen LogP contribution in [0.2, 0.25) is 0 Å². The van der Waals surface area contributed by atoms with Gasteiger partial charge in [-0.25, -0.2) is 0 Å². The van der Waals surface area contributed by atoms with Gasteiger partial charge in [0.2, 0.25) is 0 Å². The van der Waals surface area contributed by atoms with E-state index in [0.717, 1.165) is 12.2 Å². The molecule has 1 heterocycles. The summed E-state index contributed by atoms with van der Waals surface area (Å²) in [4.78, 5) is 6.73. The van der Waals surface area contributed by atoms with Crippen LogP contribution in [0.5, 0.6) is 0 Å². The first kappa shape index (κ1) is 14.0. The van der Waals surface area contributed by atoms with Gasteiger partial charge in [-0.3, -0.25) is 4.98 Å². The molecule has 17 heavy (non-hydrogen) atoms. The molecule has 1 rings (SSSR count). The zero-order chi connectivity index (χ0) is 13.0.